The van der Waals surface area contributed by atoms with Crippen molar-refractivity contribution >= 4 is 22.9 Å². The van der Waals surface area contributed by atoms with Crippen LogP contribution in [-0.4, -0.2) is 32.4 Å². The number of carbonyl (C=O) groups excluding carboxylic acids is 1. The smallest absolute Gasteiger partial charge is 0.406 e. The summed E-state index contributed by atoms with van der Waals surface area (Å²) in [6.07, 6.45) is -4.29. The number of ether oxygens (including phenoxy) is 1. The number of halogens is 3. The lowest BCUT2D eigenvalue weighted by Crippen LogP contribution is -2.17. The zero-order valence-corrected chi connectivity index (χ0v) is 14.4. The number of aromatic nitrogens is 3. The molecule has 1 atom stereocenters. The zero-order valence-electron chi connectivity index (χ0n) is 13.6. The summed E-state index contributed by atoms with van der Waals surface area (Å²) in [4.78, 5) is 12.2. The molecule has 7 nitrogen and oxygen atoms in total. The molecule has 1 aromatic carbocycles. The van der Waals surface area contributed by atoms with Gasteiger partial charge in [0.25, 0.3) is 5.91 Å². The molecule has 3 aromatic rings. The van der Waals surface area contributed by atoms with Crippen molar-refractivity contribution in [3.05, 3.63) is 58.5 Å². The normalized spacial score (nSPS) is 12.6. The van der Waals surface area contributed by atoms with E-state index in [1.54, 1.807) is 11.4 Å². The lowest BCUT2D eigenvalue weighted by Gasteiger charge is -2.10. The summed E-state index contributed by atoms with van der Waals surface area (Å²) in [5, 5.41) is 23.6. The fourth-order valence-electron chi connectivity index (χ4n) is 2.20. The van der Waals surface area contributed by atoms with E-state index in [2.05, 4.69) is 20.4 Å². The van der Waals surface area contributed by atoms with Gasteiger partial charge in [-0.1, -0.05) is 11.3 Å². The Bertz CT molecular complexity index is 912. The maximum atomic E-state index is 12.3. The lowest BCUT2D eigenvalue weighted by atomic mass is 10.2. The number of amides is 1. The third-order valence-electron chi connectivity index (χ3n) is 3.38. The summed E-state index contributed by atoms with van der Waals surface area (Å²) >= 11 is 1.44. The van der Waals surface area contributed by atoms with E-state index in [1.807, 2.05) is 5.38 Å². The Morgan fingerprint density at radius 2 is 2.19 bits per heavy atom. The first kappa shape index (κ1) is 18.9. The standard InChI is InChI=1S/C16H13F3N4O3S/c17-16(18,19)26-12-3-1-2-11(6-12)20-15(25)13-7-23(22-21-13)8-14(24)10-4-5-27-9-10/h1-7,9,14,24H,8H2,(H,20,25)/t14-/m0/s1. The predicted molar refractivity (Wildman–Crippen MR) is 90.4 cm³/mol. The summed E-state index contributed by atoms with van der Waals surface area (Å²) in [6, 6.07) is 6.65. The van der Waals surface area contributed by atoms with E-state index in [4.69, 9.17) is 0 Å². The van der Waals surface area contributed by atoms with Gasteiger partial charge in [0, 0.05) is 11.8 Å². The van der Waals surface area contributed by atoms with E-state index in [0.29, 0.717) is 0 Å². The van der Waals surface area contributed by atoms with E-state index in [1.165, 1.54) is 34.3 Å². The van der Waals surface area contributed by atoms with Crippen LogP contribution in [0.15, 0.2) is 47.3 Å². The first-order valence-electron chi connectivity index (χ1n) is 7.57. The molecule has 0 bridgehead atoms. The Balaban J connectivity index is 1.63. The number of hydrogen-bond acceptors (Lipinski definition) is 6. The molecular weight excluding hydrogens is 385 g/mol. The number of nitrogens with one attached hydrogen (secondary N) is 1. The Kier molecular flexibility index (Phi) is 5.42. The quantitative estimate of drug-likeness (QED) is 0.666. The molecule has 0 saturated heterocycles. The van der Waals surface area contributed by atoms with Crippen LogP contribution in [0.2, 0.25) is 0 Å². The van der Waals surface area contributed by atoms with E-state index < -0.39 is 24.1 Å². The number of thiophene rings is 1. The van der Waals surface area contributed by atoms with Crippen LogP contribution in [0.1, 0.15) is 22.2 Å². The molecule has 2 heterocycles. The highest BCUT2D eigenvalue weighted by atomic mass is 32.1. The summed E-state index contributed by atoms with van der Waals surface area (Å²) in [6.45, 7) is 0.103. The highest BCUT2D eigenvalue weighted by Crippen LogP contribution is 2.25. The average molecular weight is 398 g/mol. The second-order valence-electron chi connectivity index (χ2n) is 5.43. The molecule has 27 heavy (non-hydrogen) atoms. The molecule has 2 N–H and O–H groups in total. The Labute approximate surface area is 155 Å². The summed E-state index contributed by atoms with van der Waals surface area (Å²) in [5.41, 5.74) is 0.784. The number of rotatable bonds is 6. The van der Waals surface area contributed by atoms with Gasteiger partial charge in [-0.2, -0.15) is 11.3 Å². The van der Waals surface area contributed by atoms with Gasteiger partial charge < -0.3 is 15.2 Å². The van der Waals surface area contributed by atoms with Crippen LogP contribution in [0.3, 0.4) is 0 Å². The molecule has 0 aliphatic carbocycles. The maximum Gasteiger partial charge on any atom is 0.573 e. The third kappa shape index (κ3) is 5.28. The van der Waals surface area contributed by atoms with E-state index in [0.717, 1.165) is 17.7 Å². The Hall–Kier alpha value is -2.92. The van der Waals surface area contributed by atoms with Crippen molar-refractivity contribution in [2.45, 2.75) is 19.0 Å². The Morgan fingerprint density at radius 3 is 2.89 bits per heavy atom. The van der Waals surface area contributed by atoms with Gasteiger partial charge in [0.15, 0.2) is 5.69 Å². The summed E-state index contributed by atoms with van der Waals surface area (Å²) < 4.78 is 41.9. The average Bonchev–Trinajstić information content (AvgIpc) is 3.25. The van der Waals surface area contributed by atoms with Gasteiger partial charge in [-0.15, -0.1) is 18.3 Å². The monoisotopic (exact) mass is 398 g/mol. The molecule has 0 radical (unpaired) electrons. The number of alkyl halides is 3. The molecule has 11 heteroatoms. The molecule has 0 spiro atoms. The minimum Gasteiger partial charge on any atom is -0.406 e. The largest absolute Gasteiger partial charge is 0.573 e. The van der Waals surface area contributed by atoms with Gasteiger partial charge in [-0.25, -0.2) is 4.68 Å². The van der Waals surface area contributed by atoms with E-state index >= 15 is 0 Å². The second kappa shape index (κ2) is 7.76. The van der Waals surface area contributed by atoms with Crippen LogP contribution in [0, 0.1) is 0 Å². The van der Waals surface area contributed by atoms with Crippen molar-refractivity contribution in [2.75, 3.05) is 5.32 Å². The predicted octanol–water partition coefficient (Wildman–Crippen LogP) is 3.22. The van der Waals surface area contributed by atoms with Crippen LogP contribution in [0.25, 0.3) is 0 Å². The van der Waals surface area contributed by atoms with Crippen molar-refractivity contribution < 1.29 is 27.8 Å². The molecular formula is C16H13F3N4O3S. The van der Waals surface area contributed by atoms with Crippen LogP contribution in [0.5, 0.6) is 5.75 Å². The number of aliphatic hydroxyl groups is 1. The fraction of sp³-hybridized carbons (Fsp3) is 0.188. The number of aliphatic hydroxyl groups excluding tert-OH is 1. The molecule has 0 saturated carbocycles. The third-order valence-corrected chi connectivity index (χ3v) is 4.09. The molecule has 0 fully saturated rings. The SMILES string of the molecule is O=C(Nc1cccc(OC(F)(F)F)c1)c1cn(C[C@H](O)c2ccsc2)nn1. The number of anilines is 1. The van der Waals surface area contributed by atoms with Crippen LogP contribution < -0.4 is 10.1 Å². The molecule has 3 rings (SSSR count). The van der Waals surface area contributed by atoms with Crippen molar-refractivity contribution in [3.63, 3.8) is 0 Å². The second-order valence-corrected chi connectivity index (χ2v) is 6.21. The van der Waals surface area contributed by atoms with Gasteiger partial charge in [0.05, 0.1) is 18.8 Å². The van der Waals surface area contributed by atoms with E-state index in [9.17, 15) is 23.1 Å². The number of benzene rings is 1. The maximum absolute atomic E-state index is 12.3. The number of hydrogen-bond donors (Lipinski definition) is 2. The lowest BCUT2D eigenvalue weighted by molar-refractivity contribution is -0.274. The first-order valence-corrected chi connectivity index (χ1v) is 8.52. The molecule has 0 unspecified atom stereocenters. The van der Waals surface area contributed by atoms with Crippen LogP contribution >= 0.6 is 11.3 Å². The topological polar surface area (TPSA) is 89.3 Å². The van der Waals surface area contributed by atoms with E-state index in [-0.39, 0.29) is 17.9 Å². The minimum atomic E-state index is -4.82. The molecule has 1 amide bonds. The first-order chi connectivity index (χ1) is 12.8. The van der Waals surface area contributed by atoms with Gasteiger partial charge in [-0.05, 0) is 34.5 Å². The van der Waals surface area contributed by atoms with Crippen LogP contribution in [0.4, 0.5) is 18.9 Å². The van der Waals surface area contributed by atoms with Gasteiger partial charge in [-0.3, -0.25) is 4.79 Å². The summed E-state index contributed by atoms with van der Waals surface area (Å²) in [5.74, 6) is -1.11. The van der Waals surface area contributed by atoms with Gasteiger partial charge >= 0.3 is 6.36 Å². The van der Waals surface area contributed by atoms with Gasteiger partial charge in [0.2, 0.25) is 0 Å². The van der Waals surface area contributed by atoms with Gasteiger partial charge in [0.1, 0.15) is 5.75 Å². The minimum absolute atomic E-state index is 0.0466. The molecule has 2 aromatic heterocycles. The Morgan fingerprint density at radius 1 is 1.37 bits per heavy atom. The van der Waals surface area contributed by atoms with Crippen LogP contribution in [-0.2, 0) is 6.54 Å². The molecule has 142 valence electrons. The highest BCUT2D eigenvalue weighted by molar-refractivity contribution is 7.07. The molecule has 0 aliphatic heterocycles. The number of carbonyl (C=O) groups is 1. The van der Waals surface area contributed by atoms with Crippen molar-refractivity contribution in [1.82, 2.24) is 15.0 Å². The zero-order chi connectivity index (χ0) is 19.4. The number of nitrogens with zero attached hydrogens (tertiary/aromatic N) is 3. The summed E-state index contributed by atoms with van der Waals surface area (Å²) in [7, 11) is 0. The van der Waals surface area contributed by atoms with Crippen molar-refractivity contribution in [1.29, 1.82) is 0 Å². The highest BCUT2D eigenvalue weighted by Gasteiger charge is 2.31. The molecule has 0 aliphatic rings. The van der Waals surface area contributed by atoms with Crippen molar-refractivity contribution in [3.8, 4) is 5.75 Å². The fourth-order valence-corrected chi connectivity index (χ4v) is 2.91. The van der Waals surface area contributed by atoms with Crippen molar-refractivity contribution in [2.24, 2.45) is 0 Å².